The van der Waals surface area contributed by atoms with Gasteiger partial charge >= 0.3 is 0 Å². The molecule has 0 radical (unpaired) electrons. The number of carbonyl (C=O) groups excluding carboxylic acids is 1. The summed E-state index contributed by atoms with van der Waals surface area (Å²) >= 11 is 0. The van der Waals surface area contributed by atoms with Crippen molar-refractivity contribution in [1.29, 1.82) is 0 Å². The summed E-state index contributed by atoms with van der Waals surface area (Å²) in [5.41, 5.74) is 3.91. The number of tetrazole rings is 1. The molecular weight excluding hydrogens is 362 g/mol. The lowest BCUT2D eigenvalue weighted by atomic mass is 10.0. The van der Waals surface area contributed by atoms with Gasteiger partial charge in [0.2, 0.25) is 0 Å². The van der Waals surface area contributed by atoms with Crippen LogP contribution in [0.25, 0.3) is 11.8 Å². The zero-order chi connectivity index (χ0) is 20.1. The van der Waals surface area contributed by atoms with E-state index in [9.17, 15) is 4.79 Å². The predicted octanol–water partition coefficient (Wildman–Crippen LogP) is 4.28. The van der Waals surface area contributed by atoms with Crippen LogP contribution in [-0.4, -0.2) is 26.0 Å². The maximum atomic E-state index is 12.9. The molecule has 1 aromatic heterocycles. The molecule has 0 saturated carbocycles. The lowest BCUT2D eigenvalue weighted by Gasteiger charge is -2.10. The Morgan fingerprint density at radius 2 is 1.69 bits per heavy atom. The third-order valence-corrected chi connectivity index (χ3v) is 4.42. The normalized spacial score (nSPS) is 10.9. The van der Waals surface area contributed by atoms with E-state index in [1.165, 1.54) is 0 Å². The number of hydrogen-bond donors (Lipinski definition) is 1. The molecular formula is C23H19N5O. The molecule has 1 heterocycles. The summed E-state index contributed by atoms with van der Waals surface area (Å²) in [5, 5.41) is 15.1. The average molecular weight is 381 g/mol. The highest BCUT2D eigenvalue weighted by atomic mass is 16.1. The van der Waals surface area contributed by atoms with Gasteiger partial charge in [0.1, 0.15) is 0 Å². The molecule has 0 bridgehead atoms. The first kappa shape index (κ1) is 18.3. The van der Waals surface area contributed by atoms with Crippen LogP contribution in [-0.2, 0) is 0 Å². The van der Waals surface area contributed by atoms with Crippen LogP contribution in [0.15, 0.2) is 85.1 Å². The van der Waals surface area contributed by atoms with E-state index in [-0.39, 0.29) is 5.78 Å². The minimum absolute atomic E-state index is 0.0318. The Bertz CT molecular complexity index is 1150. The molecule has 0 atom stereocenters. The molecule has 0 unspecified atom stereocenters. The highest BCUT2D eigenvalue weighted by Crippen LogP contribution is 2.21. The van der Waals surface area contributed by atoms with Crippen LogP contribution in [0.1, 0.15) is 27.3 Å². The van der Waals surface area contributed by atoms with Crippen molar-refractivity contribution in [2.45, 2.75) is 6.92 Å². The van der Waals surface area contributed by atoms with Crippen LogP contribution in [0, 0.1) is 6.92 Å². The summed E-state index contributed by atoms with van der Waals surface area (Å²) in [6.07, 6.45) is 3.51. The van der Waals surface area contributed by atoms with Crippen molar-refractivity contribution in [2.75, 3.05) is 5.32 Å². The van der Waals surface area contributed by atoms with Crippen molar-refractivity contribution in [1.82, 2.24) is 20.2 Å². The summed E-state index contributed by atoms with van der Waals surface area (Å²) in [6, 6.07) is 24.6. The number of aromatic nitrogens is 4. The lowest BCUT2D eigenvalue weighted by Crippen LogP contribution is -2.05. The molecule has 0 amide bonds. The summed E-state index contributed by atoms with van der Waals surface area (Å²) in [6.45, 7) is 1.99. The number of ketones is 1. The summed E-state index contributed by atoms with van der Waals surface area (Å²) < 4.78 is 1.64. The molecule has 1 N–H and O–H groups in total. The fraction of sp³-hybridized carbons (Fsp3) is 0.0435. The fourth-order valence-electron chi connectivity index (χ4n) is 2.98. The zero-order valence-corrected chi connectivity index (χ0v) is 15.9. The van der Waals surface area contributed by atoms with Gasteiger partial charge in [-0.05, 0) is 47.2 Å². The second-order valence-electron chi connectivity index (χ2n) is 6.51. The van der Waals surface area contributed by atoms with Crippen molar-refractivity contribution < 1.29 is 4.79 Å². The first-order valence-corrected chi connectivity index (χ1v) is 9.20. The number of nitrogens with one attached hydrogen (secondary N) is 1. The molecule has 29 heavy (non-hydrogen) atoms. The van der Waals surface area contributed by atoms with Gasteiger partial charge in [-0.3, -0.25) is 4.79 Å². The van der Waals surface area contributed by atoms with Crippen molar-refractivity contribution in [3.63, 3.8) is 0 Å². The van der Waals surface area contributed by atoms with Crippen LogP contribution in [0.2, 0.25) is 0 Å². The number of benzene rings is 3. The molecule has 6 nitrogen and oxygen atoms in total. The minimum Gasteiger partial charge on any atom is -0.361 e. The third kappa shape index (κ3) is 4.11. The van der Waals surface area contributed by atoms with Gasteiger partial charge in [0.25, 0.3) is 0 Å². The largest absolute Gasteiger partial charge is 0.361 e. The highest BCUT2D eigenvalue weighted by molar-refractivity contribution is 6.12. The topological polar surface area (TPSA) is 72.7 Å². The Kier molecular flexibility index (Phi) is 5.25. The Morgan fingerprint density at radius 3 is 2.45 bits per heavy atom. The van der Waals surface area contributed by atoms with Gasteiger partial charge in [-0.1, -0.05) is 54.6 Å². The van der Waals surface area contributed by atoms with Crippen molar-refractivity contribution in [3.05, 3.63) is 108 Å². The molecule has 0 aliphatic carbocycles. The number of nitrogens with zero attached hydrogens (tertiary/aromatic N) is 4. The van der Waals surface area contributed by atoms with Gasteiger partial charge in [-0.15, -0.1) is 5.10 Å². The summed E-state index contributed by atoms with van der Waals surface area (Å²) in [4.78, 5) is 12.9. The Labute approximate surface area is 168 Å². The average Bonchev–Trinajstić information content (AvgIpc) is 3.23. The van der Waals surface area contributed by atoms with E-state index >= 15 is 0 Å². The predicted molar refractivity (Wildman–Crippen MR) is 113 cm³/mol. The quantitative estimate of drug-likeness (QED) is 0.505. The molecule has 0 fully saturated rings. The molecule has 3 aromatic carbocycles. The van der Waals surface area contributed by atoms with Crippen LogP contribution in [0.5, 0.6) is 0 Å². The number of anilines is 1. The smallest absolute Gasteiger partial charge is 0.195 e. The Morgan fingerprint density at radius 1 is 0.966 bits per heavy atom. The SMILES string of the molecule is Cc1ccc(C(=O)c2ccccc2)c(NC=Cc2nnnn2-c2ccccc2)c1. The number of hydrogen-bond acceptors (Lipinski definition) is 5. The van der Waals surface area contributed by atoms with E-state index < -0.39 is 0 Å². The molecule has 4 rings (SSSR count). The molecule has 4 aromatic rings. The first-order chi connectivity index (χ1) is 14.2. The maximum Gasteiger partial charge on any atom is 0.195 e. The minimum atomic E-state index is -0.0318. The molecule has 0 aliphatic rings. The van der Waals surface area contributed by atoms with E-state index in [1.54, 1.807) is 17.0 Å². The van der Waals surface area contributed by atoms with Crippen molar-refractivity contribution in [2.24, 2.45) is 0 Å². The number of rotatable bonds is 6. The van der Waals surface area contributed by atoms with E-state index in [4.69, 9.17) is 0 Å². The van der Waals surface area contributed by atoms with Crippen molar-refractivity contribution >= 4 is 17.5 Å². The van der Waals surface area contributed by atoms with Gasteiger partial charge < -0.3 is 5.32 Å². The van der Waals surface area contributed by atoms with Gasteiger partial charge in [0.05, 0.1) is 5.69 Å². The second-order valence-corrected chi connectivity index (χ2v) is 6.51. The molecule has 0 aliphatic heterocycles. The van der Waals surface area contributed by atoms with E-state index in [2.05, 4.69) is 20.8 Å². The van der Waals surface area contributed by atoms with Gasteiger partial charge in [0, 0.05) is 29.1 Å². The molecule has 0 spiro atoms. The number of carbonyl (C=O) groups is 1. The molecule has 6 heteroatoms. The number of aryl methyl sites for hydroxylation is 1. The van der Waals surface area contributed by atoms with Gasteiger partial charge in [-0.2, -0.15) is 4.68 Å². The third-order valence-electron chi connectivity index (χ3n) is 4.42. The van der Waals surface area contributed by atoms with Crippen LogP contribution in [0.4, 0.5) is 5.69 Å². The second kappa shape index (κ2) is 8.31. The number of para-hydroxylation sites is 1. The summed E-state index contributed by atoms with van der Waals surface area (Å²) in [7, 11) is 0. The van der Waals surface area contributed by atoms with Crippen molar-refractivity contribution in [3.8, 4) is 5.69 Å². The highest BCUT2D eigenvalue weighted by Gasteiger charge is 2.13. The van der Waals surface area contributed by atoms with E-state index in [1.807, 2.05) is 85.8 Å². The fourth-order valence-corrected chi connectivity index (χ4v) is 2.98. The monoisotopic (exact) mass is 381 g/mol. The molecule has 0 saturated heterocycles. The van der Waals surface area contributed by atoms with Crippen LogP contribution in [0.3, 0.4) is 0 Å². The van der Waals surface area contributed by atoms with E-state index in [0.717, 1.165) is 16.9 Å². The maximum absolute atomic E-state index is 12.9. The van der Waals surface area contributed by atoms with Crippen LogP contribution >= 0.6 is 0 Å². The Hall–Kier alpha value is -4.06. The molecule has 142 valence electrons. The van der Waals surface area contributed by atoms with E-state index in [0.29, 0.717) is 17.0 Å². The lowest BCUT2D eigenvalue weighted by molar-refractivity contribution is 0.103. The Balaban J connectivity index is 1.59. The first-order valence-electron chi connectivity index (χ1n) is 9.20. The van der Waals surface area contributed by atoms with Crippen LogP contribution < -0.4 is 5.32 Å². The standard InChI is InChI=1S/C23H19N5O/c1-17-12-13-20(23(29)18-8-4-2-5-9-18)21(16-17)24-15-14-22-25-26-27-28(22)19-10-6-3-7-11-19/h2-16,24H,1H3. The zero-order valence-electron chi connectivity index (χ0n) is 15.9. The summed E-state index contributed by atoms with van der Waals surface area (Å²) in [5.74, 6) is 0.544. The van der Waals surface area contributed by atoms with Gasteiger partial charge in [0.15, 0.2) is 11.6 Å². The van der Waals surface area contributed by atoms with Gasteiger partial charge in [-0.25, -0.2) is 0 Å².